The molecule has 2 aromatic rings. The Kier molecular flexibility index (Phi) is 4.43. The minimum Gasteiger partial charge on any atom is -0.309 e. The Balaban J connectivity index is 1.91. The van der Waals surface area contributed by atoms with Crippen LogP contribution in [0.25, 0.3) is 0 Å². The molecule has 1 aliphatic rings. The smallest absolute Gasteiger partial charge is 0.0753 e. The molecule has 0 aliphatic carbocycles. The number of anilines is 2. The van der Waals surface area contributed by atoms with Crippen LogP contribution in [0.1, 0.15) is 12.0 Å². The van der Waals surface area contributed by atoms with Gasteiger partial charge in [0.15, 0.2) is 0 Å². The van der Waals surface area contributed by atoms with E-state index < -0.39 is 0 Å². The summed E-state index contributed by atoms with van der Waals surface area (Å²) in [6, 6.07) is 14.8. The molecule has 0 spiro atoms. The molecular formula is C17H19ClN2S. The molecule has 0 radical (unpaired) electrons. The number of nitrogens with zero attached hydrogens (tertiary/aromatic N) is 2. The molecule has 0 bridgehead atoms. The van der Waals surface area contributed by atoms with Gasteiger partial charge in [-0.2, -0.15) is 0 Å². The summed E-state index contributed by atoms with van der Waals surface area (Å²) in [5.74, 6) is 0. The maximum absolute atomic E-state index is 6.63. The van der Waals surface area contributed by atoms with Gasteiger partial charge in [-0.15, -0.1) is 0 Å². The Morgan fingerprint density at radius 3 is 2.62 bits per heavy atom. The molecule has 1 aliphatic heterocycles. The van der Waals surface area contributed by atoms with Crippen molar-refractivity contribution >= 4 is 34.9 Å². The topological polar surface area (TPSA) is 6.48 Å². The summed E-state index contributed by atoms with van der Waals surface area (Å²) in [6.07, 6.45) is 2.19. The van der Waals surface area contributed by atoms with E-state index in [1.807, 2.05) is 10.5 Å². The van der Waals surface area contributed by atoms with Crippen molar-refractivity contribution < 1.29 is 0 Å². The summed E-state index contributed by atoms with van der Waals surface area (Å²) in [4.78, 5) is 4.68. The van der Waals surface area contributed by atoms with Gasteiger partial charge in [0.1, 0.15) is 0 Å². The van der Waals surface area contributed by atoms with Crippen LogP contribution in [0.15, 0.2) is 52.3 Å². The highest BCUT2D eigenvalue weighted by Gasteiger charge is 2.24. The van der Waals surface area contributed by atoms with Gasteiger partial charge >= 0.3 is 0 Å². The number of hydrogen-bond acceptors (Lipinski definition) is 3. The SMILES string of the molecule is CN(C)CCCc1cccc2c1N(Cl)c1ccccc1S2. The first-order valence-corrected chi connectivity index (χ1v) is 8.31. The van der Waals surface area contributed by atoms with E-state index in [-0.39, 0.29) is 0 Å². The summed E-state index contributed by atoms with van der Waals surface area (Å²) >= 11 is 8.44. The van der Waals surface area contributed by atoms with Crippen LogP contribution in [0.4, 0.5) is 11.4 Å². The fourth-order valence-corrected chi connectivity index (χ4v) is 4.17. The lowest BCUT2D eigenvalue weighted by Crippen LogP contribution is -2.15. The number of hydrogen-bond donors (Lipinski definition) is 0. The lowest BCUT2D eigenvalue weighted by atomic mass is 10.1. The van der Waals surface area contributed by atoms with Crippen molar-refractivity contribution in [2.45, 2.75) is 22.6 Å². The molecular weight excluding hydrogens is 300 g/mol. The normalized spacial score (nSPS) is 13.2. The highest BCUT2D eigenvalue weighted by molar-refractivity contribution is 7.99. The molecule has 1 heterocycles. The second-order valence-corrected chi connectivity index (χ2v) is 6.94. The fraction of sp³-hybridized carbons (Fsp3) is 0.294. The Hall–Kier alpha value is -1.16. The number of rotatable bonds is 4. The Bertz CT molecular complexity index is 642. The van der Waals surface area contributed by atoms with Crippen molar-refractivity contribution in [3.8, 4) is 0 Å². The second kappa shape index (κ2) is 6.30. The maximum atomic E-state index is 6.63. The highest BCUT2D eigenvalue weighted by atomic mass is 35.5. The third kappa shape index (κ3) is 3.05. The first-order chi connectivity index (χ1) is 10.2. The van der Waals surface area contributed by atoms with Crippen molar-refractivity contribution in [3.05, 3.63) is 48.0 Å². The van der Waals surface area contributed by atoms with Crippen LogP contribution in [0.2, 0.25) is 0 Å². The fourth-order valence-electron chi connectivity index (χ4n) is 2.61. The molecule has 0 atom stereocenters. The van der Waals surface area contributed by atoms with Crippen LogP contribution < -0.4 is 4.42 Å². The van der Waals surface area contributed by atoms with E-state index in [1.165, 1.54) is 15.4 Å². The first kappa shape index (κ1) is 14.8. The van der Waals surface area contributed by atoms with Gasteiger partial charge in [0.2, 0.25) is 0 Å². The lowest BCUT2D eigenvalue weighted by molar-refractivity contribution is 0.400. The van der Waals surface area contributed by atoms with Gasteiger partial charge in [0.05, 0.1) is 11.4 Å². The quantitative estimate of drug-likeness (QED) is 0.737. The number of halogens is 1. The molecule has 4 heteroatoms. The van der Waals surface area contributed by atoms with Crippen molar-refractivity contribution in [3.63, 3.8) is 0 Å². The van der Waals surface area contributed by atoms with E-state index in [1.54, 1.807) is 11.8 Å². The minimum absolute atomic E-state index is 1.05. The van der Waals surface area contributed by atoms with Crippen LogP contribution >= 0.6 is 23.5 Å². The summed E-state index contributed by atoms with van der Waals surface area (Å²) in [6.45, 7) is 1.09. The number of benzene rings is 2. The predicted molar refractivity (Wildman–Crippen MR) is 91.9 cm³/mol. The molecule has 2 aromatic carbocycles. The molecule has 0 fully saturated rings. The van der Waals surface area contributed by atoms with Gasteiger partial charge in [-0.1, -0.05) is 36.0 Å². The summed E-state index contributed by atoms with van der Waals surface area (Å²) in [5.41, 5.74) is 3.56. The van der Waals surface area contributed by atoms with Crippen molar-refractivity contribution in [1.82, 2.24) is 4.90 Å². The molecule has 0 aromatic heterocycles. The number of aryl methyl sites for hydroxylation is 1. The second-order valence-electron chi connectivity index (χ2n) is 5.52. The Morgan fingerprint density at radius 1 is 1.05 bits per heavy atom. The third-order valence-electron chi connectivity index (χ3n) is 3.63. The molecule has 0 unspecified atom stereocenters. The van der Waals surface area contributed by atoms with E-state index in [0.717, 1.165) is 30.8 Å². The van der Waals surface area contributed by atoms with Crippen LogP contribution in [0.5, 0.6) is 0 Å². The number of para-hydroxylation sites is 2. The van der Waals surface area contributed by atoms with E-state index in [9.17, 15) is 0 Å². The number of fused-ring (bicyclic) bond motifs is 2. The zero-order valence-electron chi connectivity index (χ0n) is 12.3. The molecule has 0 saturated heterocycles. The van der Waals surface area contributed by atoms with Crippen LogP contribution in [-0.2, 0) is 6.42 Å². The zero-order chi connectivity index (χ0) is 14.8. The van der Waals surface area contributed by atoms with Gasteiger partial charge in [0.25, 0.3) is 0 Å². The van der Waals surface area contributed by atoms with Crippen LogP contribution in [0, 0.1) is 0 Å². The monoisotopic (exact) mass is 318 g/mol. The molecule has 0 amide bonds. The minimum atomic E-state index is 1.05. The van der Waals surface area contributed by atoms with Gasteiger partial charge in [-0.05, 0) is 57.2 Å². The molecule has 0 saturated carbocycles. The van der Waals surface area contributed by atoms with E-state index in [4.69, 9.17) is 11.8 Å². The van der Waals surface area contributed by atoms with E-state index in [2.05, 4.69) is 55.4 Å². The van der Waals surface area contributed by atoms with Crippen LogP contribution in [0.3, 0.4) is 0 Å². The summed E-state index contributed by atoms with van der Waals surface area (Å²) in [5, 5.41) is 0. The highest BCUT2D eigenvalue weighted by Crippen LogP contribution is 2.50. The summed E-state index contributed by atoms with van der Waals surface area (Å²) in [7, 11) is 4.22. The molecule has 110 valence electrons. The van der Waals surface area contributed by atoms with Crippen molar-refractivity contribution in [2.75, 3.05) is 25.1 Å². The average Bonchev–Trinajstić information content (AvgIpc) is 2.47. The molecule has 21 heavy (non-hydrogen) atoms. The first-order valence-electron chi connectivity index (χ1n) is 7.16. The molecule has 3 rings (SSSR count). The predicted octanol–water partition coefficient (Wildman–Crippen LogP) is 4.94. The summed E-state index contributed by atoms with van der Waals surface area (Å²) < 4.78 is 1.83. The molecule has 0 N–H and O–H groups in total. The third-order valence-corrected chi connectivity index (χ3v) is 5.09. The lowest BCUT2D eigenvalue weighted by Gasteiger charge is -2.29. The van der Waals surface area contributed by atoms with Gasteiger partial charge in [0, 0.05) is 21.6 Å². The standard InChI is InChI=1S/C17H19ClN2S/c1-19(2)12-6-8-13-7-5-11-16-17(13)20(18)14-9-3-4-10-15(14)21-16/h3-5,7,9-11H,6,8,12H2,1-2H3. The van der Waals surface area contributed by atoms with Crippen LogP contribution in [-0.4, -0.2) is 25.5 Å². The van der Waals surface area contributed by atoms with Crippen molar-refractivity contribution in [2.24, 2.45) is 0 Å². The Labute approximate surface area is 135 Å². The van der Waals surface area contributed by atoms with E-state index >= 15 is 0 Å². The van der Waals surface area contributed by atoms with Gasteiger partial charge in [-0.25, -0.2) is 0 Å². The average molecular weight is 319 g/mol. The van der Waals surface area contributed by atoms with Gasteiger partial charge < -0.3 is 4.90 Å². The maximum Gasteiger partial charge on any atom is 0.0753 e. The van der Waals surface area contributed by atoms with Gasteiger partial charge in [-0.3, -0.25) is 4.42 Å². The molecule has 2 nitrogen and oxygen atoms in total. The largest absolute Gasteiger partial charge is 0.309 e. The van der Waals surface area contributed by atoms with Crippen molar-refractivity contribution in [1.29, 1.82) is 0 Å². The zero-order valence-corrected chi connectivity index (χ0v) is 13.9. The Morgan fingerprint density at radius 2 is 1.81 bits per heavy atom. The van der Waals surface area contributed by atoms with E-state index in [0.29, 0.717) is 0 Å².